The largest absolute Gasteiger partial charge is 0.294 e. The molecule has 0 saturated heterocycles. The van der Waals surface area contributed by atoms with Crippen molar-refractivity contribution in [3.63, 3.8) is 0 Å². The van der Waals surface area contributed by atoms with Crippen molar-refractivity contribution in [3.8, 4) is 0 Å². The summed E-state index contributed by atoms with van der Waals surface area (Å²) in [6.07, 6.45) is 9.69. The molecule has 1 fully saturated rings. The van der Waals surface area contributed by atoms with E-state index in [-0.39, 0.29) is 5.92 Å². The van der Waals surface area contributed by atoms with Gasteiger partial charge in [-0.3, -0.25) is 9.79 Å². The van der Waals surface area contributed by atoms with Gasteiger partial charge in [0, 0.05) is 28.2 Å². The Morgan fingerprint density at radius 1 is 1.03 bits per heavy atom. The topological polar surface area (TPSA) is 29.4 Å². The maximum absolute atomic E-state index is 13.4. The molecule has 1 saturated carbocycles. The van der Waals surface area contributed by atoms with Crippen LogP contribution in [-0.2, 0) is 6.42 Å². The molecule has 0 aromatic heterocycles. The lowest BCUT2D eigenvalue weighted by Gasteiger charge is -2.17. The van der Waals surface area contributed by atoms with Crippen LogP contribution in [0.4, 0.5) is 0 Å². The Kier molecular flexibility index (Phi) is 7.20. The molecule has 3 heteroatoms. The first-order chi connectivity index (χ1) is 14.7. The standard InChI is InChI=1S/C27H32BrNO/c1-2-5-26-25-18-23(12-10-21(25)8-4-17-29-26)27(30)22-7-3-6-19(9-11-22)20-13-15-24(28)16-14-20/h10,12-16,18-19,22H,2-9,11,17H2,1H3/t19-,22?/m1/s1. The molecule has 1 heterocycles. The molecule has 1 unspecified atom stereocenters. The number of hydrogen-bond acceptors (Lipinski definition) is 2. The third kappa shape index (κ3) is 4.94. The Bertz CT molecular complexity index is 915. The van der Waals surface area contributed by atoms with Crippen molar-refractivity contribution in [1.82, 2.24) is 0 Å². The molecule has 1 aliphatic heterocycles. The summed E-state index contributed by atoms with van der Waals surface area (Å²) in [5.74, 6) is 1.07. The van der Waals surface area contributed by atoms with Crippen LogP contribution in [0.2, 0.25) is 0 Å². The van der Waals surface area contributed by atoms with Gasteiger partial charge in [-0.15, -0.1) is 0 Å². The van der Waals surface area contributed by atoms with E-state index in [1.165, 1.54) is 28.8 Å². The minimum Gasteiger partial charge on any atom is -0.294 e. The fourth-order valence-electron chi connectivity index (χ4n) is 5.10. The van der Waals surface area contributed by atoms with E-state index in [0.29, 0.717) is 11.7 Å². The number of carbonyl (C=O) groups excluding carboxylic acids is 1. The zero-order valence-electron chi connectivity index (χ0n) is 18.0. The zero-order chi connectivity index (χ0) is 20.9. The Hall–Kier alpha value is -1.74. The highest BCUT2D eigenvalue weighted by Gasteiger charge is 2.26. The van der Waals surface area contributed by atoms with Gasteiger partial charge in [0.05, 0.1) is 0 Å². The van der Waals surface area contributed by atoms with Gasteiger partial charge in [0.1, 0.15) is 0 Å². The molecule has 4 rings (SSSR count). The zero-order valence-corrected chi connectivity index (χ0v) is 19.6. The third-order valence-electron chi connectivity index (χ3n) is 6.78. The summed E-state index contributed by atoms with van der Waals surface area (Å²) in [5, 5.41) is 0. The van der Waals surface area contributed by atoms with Gasteiger partial charge >= 0.3 is 0 Å². The number of ketones is 1. The van der Waals surface area contributed by atoms with Gasteiger partial charge in [-0.05, 0) is 85.8 Å². The summed E-state index contributed by atoms with van der Waals surface area (Å²) >= 11 is 3.53. The van der Waals surface area contributed by atoms with Crippen LogP contribution in [-0.4, -0.2) is 18.0 Å². The second-order valence-corrected chi connectivity index (χ2v) is 9.79. The van der Waals surface area contributed by atoms with Gasteiger partial charge < -0.3 is 0 Å². The fourth-order valence-corrected chi connectivity index (χ4v) is 5.37. The molecule has 0 spiro atoms. The van der Waals surface area contributed by atoms with Gasteiger partial charge in [-0.1, -0.05) is 60.0 Å². The van der Waals surface area contributed by atoms with E-state index in [4.69, 9.17) is 4.99 Å². The highest BCUT2D eigenvalue weighted by Crippen LogP contribution is 2.36. The van der Waals surface area contributed by atoms with Crippen LogP contribution in [0, 0.1) is 5.92 Å². The number of nitrogens with zero attached hydrogens (tertiary/aromatic N) is 1. The molecular weight excluding hydrogens is 434 g/mol. The quantitative estimate of drug-likeness (QED) is 0.331. The maximum atomic E-state index is 13.4. The van der Waals surface area contributed by atoms with Crippen LogP contribution in [0.3, 0.4) is 0 Å². The normalized spacial score (nSPS) is 21.9. The monoisotopic (exact) mass is 465 g/mol. The first-order valence-corrected chi connectivity index (χ1v) is 12.4. The van der Waals surface area contributed by atoms with Crippen LogP contribution in [0.15, 0.2) is 51.9 Å². The van der Waals surface area contributed by atoms with Gasteiger partial charge in [-0.25, -0.2) is 0 Å². The number of fused-ring (bicyclic) bond motifs is 1. The summed E-state index contributed by atoms with van der Waals surface area (Å²) in [5.41, 5.74) is 6.12. The highest BCUT2D eigenvalue weighted by molar-refractivity contribution is 9.10. The molecule has 1 aliphatic carbocycles. The summed E-state index contributed by atoms with van der Waals surface area (Å²) in [4.78, 5) is 18.3. The number of rotatable bonds is 5. The first kappa shape index (κ1) is 21.5. The van der Waals surface area contributed by atoms with Gasteiger partial charge in [0.2, 0.25) is 0 Å². The minimum atomic E-state index is 0.154. The maximum Gasteiger partial charge on any atom is 0.165 e. The number of carbonyl (C=O) groups is 1. The number of aliphatic imine (C=N–C) groups is 1. The van der Waals surface area contributed by atoms with Crippen LogP contribution in [0.5, 0.6) is 0 Å². The smallest absolute Gasteiger partial charge is 0.165 e. The molecule has 2 aromatic rings. The summed E-state index contributed by atoms with van der Waals surface area (Å²) in [6.45, 7) is 3.11. The Morgan fingerprint density at radius 3 is 2.67 bits per heavy atom. The predicted octanol–water partition coefficient (Wildman–Crippen LogP) is 7.53. The van der Waals surface area contributed by atoms with E-state index in [9.17, 15) is 4.79 Å². The average molecular weight is 466 g/mol. The highest BCUT2D eigenvalue weighted by atomic mass is 79.9. The lowest BCUT2D eigenvalue weighted by atomic mass is 9.87. The van der Waals surface area contributed by atoms with Crippen molar-refractivity contribution >= 4 is 27.4 Å². The lowest BCUT2D eigenvalue weighted by molar-refractivity contribution is 0.0907. The van der Waals surface area contributed by atoms with Crippen molar-refractivity contribution in [2.24, 2.45) is 10.9 Å². The molecule has 0 N–H and O–H groups in total. The molecule has 0 amide bonds. The van der Waals surface area contributed by atoms with Gasteiger partial charge in [0.25, 0.3) is 0 Å². The Morgan fingerprint density at radius 2 is 1.87 bits per heavy atom. The summed E-state index contributed by atoms with van der Waals surface area (Å²) < 4.78 is 1.13. The molecule has 0 bridgehead atoms. The minimum absolute atomic E-state index is 0.154. The van der Waals surface area contributed by atoms with Crippen molar-refractivity contribution < 1.29 is 4.79 Å². The second kappa shape index (κ2) is 10.0. The van der Waals surface area contributed by atoms with E-state index in [1.54, 1.807) is 0 Å². The Balaban J connectivity index is 1.50. The number of aryl methyl sites for hydroxylation is 1. The molecule has 2 atom stereocenters. The number of Topliss-reactive ketones (excluding diaryl/α,β-unsaturated/α-hetero) is 1. The second-order valence-electron chi connectivity index (χ2n) is 8.87. The molecule has 2 aliphatic rings. The summed E-state index contributed by atoms with van der Waals surface area (Å²) in [7, 11) is 0. The van der Waals surface area contributed by atoms with E-state index in [1.807, 2.05) is 0 Å². The van der Waals surface area contributed by atoms with E-state index >= 15 is 0 Å². The van der Waals surface area contributed by atoms with E-state index < -0.39 is 0 Å². The van der Waals surface area contributed by atoms with Crippen molar-refractivity contribution in [1.29, 1.82) is 0 Å². The summed E-state index contributed by atoms with van der Waals surface area (Å²) in [6, 6.07) is 15.2. The third-order valence-corrected chi connectivity index (χ3v) is 7.31. The van der Waals surface area contributed by atoms with Crippen molar-refractivity contribution in [2.75, 3.05) is 6.54 Å². The molecule has 2 aromatic carbocycles. The molecule has 158 valence electrons. The van der Waals surface area contributed by atoms with Crippen LogP contribution < -0.4 is 0 Å². The number of halogens is 1. The van der Waals surface area contributed by atoms with Crippen LogP contribution in [0.25, 0.3) is 0 Å². The SMILES string of the molecule is CCCC1=NCCCc2ccc(C(=O)C3CCC[C@@H](c4ccc(Br)cc4)CC3)cc21. The molecule has 0 radical (unpaired) electrons. The fraction of sp³-hybridized carbons (Fsp3) is 0.481. The Labute approximate surface area is 189 Å². The van der Waals surface area contributed by atoms with Crippen LogP contribution >= 0.6 is 15.9 Å². The van der Waals surface area contributed by atoms with Crippen molar-refractivity contribution in [3.05, 3.63) is 69.2 Å². The number of benzene rings is 2. The van der Waals surface area contributed by atoms with Gasteiger partial charge in [0.15, 0.2) is 5.78 Å². The lowest BCUT2D eigenvalue weighted by Crippen LogP contribution is -2.15. The van der Waals surface area contributed by atoms with Crippen LogP contribution in [0.1, 0.15) is 91.3 Å². The van der Waals surface area contributed by atoms with E-state index in [2.05, 4.69) is 65.3 Å². The molecular formula is C27H32BrNO. The number of hydrogen-bond donors (Lipinski definition) is 0. The molecule has 30 heavy (non-hydrogen) atoms. The average Bonchev–Trinajstić information content (AvgIpc) is 3.13. The predicted molar refractivity (Wildman–Crippen MR) is 129 cm³/mol. The van der Waals surface area contributed by atoms with Crippen molar-refractivity contribution in [2.45, 2.75) is 70.6 Å². The van der Waals surface area contributed by atoms with E-state index in [0.717, 1.165) is 67.9 Å². The first-order valence-electron chi connectivity index (χ1n) is 11.6. The molecule has 2 nitrogen and oxygen atoms in total. The van der Waals surface area contributed by atoms with Gasteiger partial charge in [-0.2, -0.15) is 0 Å².